The maximum atomic E-state index is 14.1. The van der Waals surface area contributed by atoms with Gasteiger partial charge in [0, 0.05) is 46.9 Å². The van der Waals surface area contributed by atoms with Crippen molar-refractivity contribution in [1.82, 2.24) is 10.2 Å². The van der Waals surface area contributed by atoms with Crippen molar-refractivity contribution in [3.05, 3.63) is 93.0 Å². The molecule has 2 N–H and O–H groups in total. The molecule has 2 aliphatic rings. The van der Waals surface area contributed by atoms with Crippen LogP contribution in [0.1, 0.15) is 45.2 Å². The van der Waals surface area contributed by atoms with Gasteiger partial charge >= 0.3 is 0 Å². The molecule has 0 radical (unpaired) electrons. The molecular weight excluding hydrogens is 549 g/mol. The summed E-state index contributed by atoms with van der Waals surface area (Å²) >= 11 is 12.6. The van der Waals surface area contributed by atoms with E-state index in [-0.39, 0.29) is 34.3 Å². The first-order valence-electron chi connectivity index (χ1n) is 12.4. The largest absolute Gasteiger partial charge is 0.337 e. The van der Waals surface area contributed by atoms with Gasteiger partial charge in [0.15, 0.2) is 0 Å². The number of hydrogen-bond donors (Lipinski definition) is 2. The average Bonchev–Trinajstić information content (AvgIpc) is 3.24. The van der Waals surface area contributed by atoms with Crippen molar-refractivity contribution in [2.45, 2.75) is 18.9 Å². The molecule has 2 aliphatic heterocycles. The standard InChI is InChI=1S/C28H24Cl2F2N4O3/c29-18-3-4-21(22(30)13-18)25-15-26(37)34-23-12-16(27(38)35-8-1-6-33-7-9-35)2-5-24(23)36(25)28(39)17-10-19(31)14-20(32)11-17/h2-5,10-14,25,33H,1,6-9,15H2,(H,34,37). The van der Waals surface area contributed by atoms with Gasteiger partial charge in [0.05, 0.1) is 23.8 Å². The number of rotatable bonds is 3. The zero-order valence-corrected chi connectivity index (χ0v) is 22.2. The van der Waals surface area contributed by atoms with Gasteiger partial charge in [-0.3, -0.25) is 19.3 Å². The minimum Gasteiger partial charge on any atom is -0.337 e. The van der Waals surface area contributed by atoms with Crippen LogP contribution in [0.2, 0.25) is 10.0 Å². The first kappa shape index (κ1) is 27.1. The fourth-order valence-electron chi connectivity index (χ4n) is 4.93. The second-order valence-electron chi connectivity index (χ2n) is 9.39. The number of halogens is 4. The van der Waals surface area contributed by atoms with Gasteiger partial charge in [-0.1, -0.05) is 29.3 Å². The molecule has 0 aliphatic carbocycles. The molecule has 1 atom stereocenters. The molecule has 202 valence electrons. The molecule has 3 aromatic carbocycles. The zero-order valence-electron chi connectivity index (χ0n) is 20.6. The van der Waals surface area contributed by atoms with Gasteiger partial charge in [-0.15, -0.1) is 0 Å². The first-order valence-corrected chi connectivity index (χ1v) is 13.2. The molecule has 0 aromatic heterocycles. The topological polar surface area (TPSA) is 81.8 Å². The minimum absolute atomic E-state index is 0.206. The number of anilines is 2. The molecule has 5 rings (SSSR count). The van der Waals surface area contributed by atoms with Gasteiger partial charge in [0.1, 0.15) is 11.6 Å². The molecule has 3 aromatic rings. The molecule has 1 saturated heterocycles. The summed E-state index contributed by atoms with van der Waals surface area (Å²) in [5.74, 6) is -3.23. The van der Waals surface area contributed by atoms with Crippen molar-refractivity contribution in [1.29, 1.82) is 0 Å². The van der Waals surface area contributed by atoms with E-state index < -0.39 is 29.5 Å². The smallest absolute Gasteiger partial charge is 0.259 e. The van der Waals surface area contributed by atoms with Crippen molar-refractivity contribution < 1.29 is 23.2 Å². The van der Waals surface area contributed by atoms with Gasteiger partial charge in [0.25, 0.3) is 11.8 Å². The highest BCUT2D eigenvalue weighted by Crippen LogP contribution is 2.42. The Labute approximate surface area is 233 Å². The Morgan fingerprint density at radius 1 is 0.872 bits per heavy atom. The number of amides is 3. The molecular formula is C28H24Cl2F2N4O3. The molecule has 7 nitrogen and oxygen atoms in total. The van der Waals surface area contributed by atoms with Gasteiger partial charge in [-0.25, -0.2) is 8.78 Å². The highest BCUT2D eigenvalue weighted by atomic mass is 35.5. The summed E-state index contributed by atoms with van der Waals surface area (Å²) in [6, 6.07) is 10.9. The summed E-state index contributed by atoms with van der Waals surface area (Å²) in [6.07, 6.45) is 0.601. The fourth-order valence-corrected chi connectivity index (χ4v) is 5.47. The van der Waals surface area contributed by atoms with Gasteiger partial charge in [-0.05, 0) is 61.0 Å². The van der Waals surface area contributed by atoms with Crippen LogP contribution in [-0.4, -0.2) is 48.8 Å². The normalized spacial score (nSPS) is 17.6. The van der Waals surface area contributed by atoms with Crippen molar-refractivity contribution >= 4 is 52.3 Å². The zero-order chi connectivity index (χ0) is 27.7. The Morgan fingerprint density at radius 3 is 2.38 bits per heavy atom. The maximum absolute atomic E-state index is 14.1. The Bertz CT molecular complexity index is 1440. The molecule has 0 bridgehead atoms. The predicted octanol–water partition coefficient (Wildman–Crippen LogP) is 5.44. The fraction of sp³-hybridized carbons (Fsp3) is 0.250. The second-order valence-corrected chi connectivity index (χ2v) is 10.2. The van der Waals surface area contributed by atoms with Crippen LogP contribution in [0, 0.1) is 11.6 Å². The third kappa shape index (κ3) is 5.75. The quantitative estimate of drug-likeness (QED) is 0.438. The van der Waals surface area contributed by atoms with E-state index in [0.717, 1.165) is 25.1 Å². The monoisotopic (exact) mass is 572 g/mol. The van der Waals surface area contributed by atoms with Gasteiger partial charge < -0.3 is 15.5 Å². The van der Waals surface area contributed by atoms with E-state index in [2.05, 4.69) is 10.6 Å². The number of carbonyl (C=O) groups excluding carboxylic acids is 3. The van der Waals surface area contributed by atoms with Crippen LogP contribution in [0.15, 0.2) is 54.6 Å². The second kappa shape index (κ2) is 11.3. The van der Waals surface area contributed by atoms with E-state index in [1.807, 2.05) is 0 Å². The Kier molecular flexibility index (Phi) is 7.83. The van der Waals surface area contributed by atoms with Crippen molar-refractivity contribution in [2.75, 3.05) is 36.4 Å². The highest BCUT2D eigenvalue weighted by molar-refractivity contribution is 6.35. The molecule has 3 amide bonds. The third-order valence-electron chi connectivity index (χ3n) is 6.74. The van der Waals surface area contributed by atoms with Crippen molar-refractivity contribution in [3.8, 4) is 0 Å². The summed E-state index contributed by atoms with van der Waals surface area (Å²) in [6.45, 7) is 2.61. The molecule has 2 heterocycles. The van der Waals surface area contributed by atoms with Gasteiger partial charge in [-0.2, -0.15) is 0 Å². The van der Waals surface area contributed by atoms with Crippen LogP contribution in [0.4, 0.5) is 20.2 Å². The van der Waals surface area contributed by atoms with Crippen LogP contribution in [0.5, 0.6) is 0 Å². The van der Waals surface area contributed by atoms with Crippen LogP contribution < -0.4 is 15.5 Å². The molecule has 0 saturated carbocycles. The van der Waals surface area contributed by atoms with E-state index in [1.54, 1.807) is 29.2 Å². The van der Waals surface area contributed by atoms with Crippen LogP contribution in [-0.2, 0) is 4.79 Å². The van der Waals surface area contributed by atoms with E-state index >= 15 is 0 Å². The van der Waals surface area contributed by atoms with E-state index in [4.69, 9.17) is 23.2 Å². The first-order chi connectivity index (χ1) is 18.7. The molecule has 0 spiro atoms. The highest BCUT2D eigenvalue weighted by Gasteiger charge is 2.36. The maximum Gasteiger partial charge on any atom is 0.259 e. The third-order valence-corrected chi connectivity index (χ3v) is 7.31. The predicted molar refractivity (Wildman–Crippen MR) is 145 cm³/mol. The van der Waals surface area contributed by atoms with E-state index in [1.165, 1.54) is 17.0 Å². The lowest BCUT2D eigenvalue weighted by atomic mass is 9.99. The number of benzene rings is 3. The number of nitrogens with one attached hydrogen (secondary N) is 2. The number of fused-ring (bicyclic) bond motifs is 1. The minimum atomic E-state index is -0.937. The summed E-state index contributed by atoms with van der Waals surface area (Å²) in [5.41, 5.74) is 0.979. The lowest BCUT2D eigenvalue weighted by Gasteiger charge is -2.31. The average molecular weight is 573 g/mol. The summed E-state index contributed by atoms with van der Waals surface area (Å²) in [5, 5.41) is 6.62. The molecule has 11 heteroatoms. The van der Waals surface area contributed by atoms with Crippen LogP contribution in [0.3, 0.4) is 0 Å². The lowest BCUT2D eigenvalue weighted by molar-refractivity contribution is -0.116. The van der Waals surface area contributed by atoms with Gasteiger partial charge in [0.2, 0.25) is 5.91 Å². The van der Waals surface area contributed by atoms with Crippen LogP contribution in [0.25, 0.3) is 0 Å². The molecule has 39 heavy (non-hydrogen) atoms. The lowest BCUT2D eigenvalue weighted by Crippen LogP contribution is -2.36. The number of nitrogens with zero attached hydrogens (tertiary/aromatic N) is 2. The summed E-state index contributed by atoms with van der Waals surface area (Å²) in [4.78, 5) is 43.3. The summed E-state index contributed by atoms with van der Waals surface area (Å²) in [7, 11) is 0. The van der Waals surface area contributed by atoms with Crippen LogP contribution >= 0.6 is 23.2 Å². The Hall–Kier alpha value is -3.53. The Morgan fingerprint density at radius 2 is 1.64 bits per heavy atom. The Balaban J connectivity index is 1.63. The van der Waals surface area contributed by atoms with Crippen molar-refractivity contribution in [3.63, 3.8) is 0 Å². The van der Waals surface area contributed by atoms with E-state index in [9.17, 15) is 23.2 Å². The number of hydrogen-bond acceptors (Lipinski definition) is 4. The summed E-state index contributed by atoms with van der Waals surface area (Å²) < 4.78 is 28.2. The van der Waals surface area contributed by atoms with E-state index in [0.29, 0.717) is 41.9 Å². The van der Waals surface area contributed by atoms with Crippen molar-refractivity contribution in [2.24, 2.45) is 0 Å². The SMILES string of the molecule is O=C1CC(c2ccc(Cl)cc2Cl)N(C(=O)c2cc(F)cc(F)c2)c2ccc(C(=O)N3CCCNCC3)cc2N1. The molecule has 1 fully saturated rings. The molecule has 1 unspecified atom stereocenters. The number of carbonyl (C=O) groups is 3.